The zero-order chi connectivity index (χ0) is 26.8. The minimum Gasteiger partial charge on any atom is -0.487 e. The van der Waals surface area contributed by atoms with Crippen LogP contribution in [0.25, 0.3) is 0 Å². The van der Waals surface area contributed by atoms with E-state index in [2.05, 4.69) is 11.9 Å². The maximum Gasteiger partial charge on any atom is 0.250 e. The van der Waals surface area contributed by atoms with Crippen LogP contribution in [0.5, 0.6) is 23.0 Å². The van der Waals surface area contributed by atoms with Crippen LogP contribution in [-0.2, 0) is 23.7 Å². The molecule has 0 bridgehead atoms. The van der Waals surface area contributed by atoms with Crippen molar-refractivity contribution in [1.29, 1.82) is 0 Å². The number of benzene rings is 2. The Morgan fingerprint density at radius 3 is 1.45 bits per heavy atom. The van der Waals surface area contributed by atoms with Crippen molar-refractivity contribution in [3.8, 4) is 23.0 Å². The number of hydrogen-bond donors (Lipinski definition) is 1. The molecule has 3 rings (SSSR count). The van der Waals surface area contributed by atoms with Gasteiger partial charge in [0.2, 0.25) is 0 Å². The van der Waals surface area contributed by atoms with Gasteiger partial charge in [-0.3, -0.25) is 4.79 Å². The largest absolute Gasteiger partial charge is 0.487 e. The first-order valence-corrected chi connectivity index (χ1v) is 12.7. The van der Waals surface area contributed by atoms with Gasteiger partial charge in [-0.1, -0.05) is 18.7 Å². The molecule has 38 heavy (non-hydrogen) atoms. The van der Waals surface area contributed by atoms with E-state index >= 15 is 0 Å². The second kappa shape index (κ2) is 17.2. The zero-order valence-electron chi connectivity index (χ0n) is 21.9. The molecule has 1 heterocycles. The first-order valence-electron chi connectivity index (χ1n) is 12.7. The third-order valence-corrected chi connectivity index (χ3v) is 5.12. The highest BCUT2D eigenvalue weighted by atomic mass is 16.6. The van der Waals surface area contributed by atoms with Crippen LogP contribution < -0.4 is 24.3 Å². The maximum absolute atomic E-state index is 12.0. The van der Waals surface area contributed by atoms with Gasteiger partial charge >= 0.3 is 0 Å². The topological polar surface area (TPSA) is 103 Å². The summed E-state index contributed by atoms with van der Waals surface area (Å²) in [5, 5.41) is 2.78. The number of amides is 1. The highest BCUT2D eigenvalue weighted by molar-refractivity contribution is 6.02. The van der Waals surface area contributed by atoms with Gasteiger partial charge in [0.25, 0.3) is 5.91 Å². The highest BCUT2D eigenvalue weighted by Gasteiger charge is 2.10. The van der Waals surface area contributed by atoms with Crippen LogP contribution in [0.2, 0.25) is 0 Å². The van der Waals surface area contributed by atoms with Crippen LogP contribution in [0.15, 0.2) is 54.6 Å². The quantitative estimate of drug-likeness (QED) is 0.584. The van der Waals surface area contributed by atoms with E-state index in [0.717, 1.165) is 0 Å². The fourth-order valence-electron chi connectivity index (χ4n) is 3.23. The van der Waals surface area contributed by atoms with Gasteiger partial charge in [0.05, 0.1) is 52.9 Å². The van der Waals surface area contributed by atoms with Gasteiger partial charge in [-0.25, -0.2) is 0 Å². The highest BCUT2D eigenvalue weighted by Crippen LogP contribution is 2.31. The fraction of sp³-hybridized carbons (Fsp3) is 0.464. The third-order valence-electron chi connectivity index (χ3n) is 5.12. The Kier molecular flexibility index (Phi) is 13.3. The van der Waals surface area contributed by atoms with Crippen molar-refractivity contribution in [2.75, 3.05) is 84.6 Å². The van der Waals surface area contributed by atoms with Crippen LogP contribution in [0, 0.1) is 0 Å². The van der Waals surface area contributed by atoms with E-state index in [9.17, 15) is 4.79 Å². The fourth-order valence-corrected chi connectivity index (χ4v) is 3.23. The number of carbonyl (C=O) groups is 1. The molecule has 1 aliphatic heterocycles. The van der Waals surface area contributed by atoms with Gasteiger partial charge in [-0.2, -0.15) is 0 Å². The lowest BCUT2D eigenvalue weighted by atomic mass is 10.2. The summed E-state index contributed by atoms with van der Waals surface area (Å²) in [7, 11) is 0. The van der Waals surface area contributed by atoms with Crippen molar-refractivity contribution in [2.45, 2.75) is 6.92 Å². The molecule has 1 aliphatic rings. The average Bonchev–Trinajstić information content (AvgIpc) is 2.91. The van der Waals surface area contributed by atoms with Crippen molar-refractivity contribution in [3.05, 3.63) is 54.6 Å². The molecule has 0 saturated heterocycles. The molecular weight excluding hydrogens is 494 g/mol. The normalized spacial score (nSPS) is 17.0. The number of fused-ring (bicyclic) bond motifs is 2. The second-order valence-electron chi connectivity index (χ2n) is 8.19. The van der Waals surface area contributed by atoms with E-state index in [4.69, 9.17) is 37.9 Å². The van der Waals surface area contributed by atoms with E-state index in [1.54, 1.807) is 25.1 Å². The molecule has 208 valence electrons. The first kappa shape index (κ1) is 29.2. The smallest absolute Gasteiger partial charge is 0.250 e. The Balaban J connectivity index is 1.52. The molecule has 0 spiro atoms. The number of nitrogens with one attached hydrogen (secondary N) is 1. The van der Waals surface area contributed by atoms with Gasteiger partial charge < -0.3 is 43.2 Å². The maximum atomic E-state index is 12.0. The lowest BCUT2D eigenvalue weighted by Crippen LogP contribution is -2.16. The predicted octanol–water partition coefficient (Wildman–Crippen LogP) is 3.50. The molecule has 0 unspecified atom stereocenters. The second-order valence-corrected chi connectivity index (χ2v) is 8.19. The number of hydrogen-bond acceptors (Lipinski definition) is 9. The Bertz CT molecular complexity index is 998. The van der Waals surface area contributed by atoms with Gasteiger partial charge in [0.15, 0.2) is 23.0 Å². The van der Waals surface area contributed by atoms with Crippen molar-refractivity contribution >= 4 is 11.6 Å². The Morgan fingerprint density at radius 2 is 1.00 bits per heavy atom. The number of anilines is 1. The molecule has 0 atom stereocenters. The lowest BCUT2D eigenvalue weighted by Gasteiger charge is -2.15. The molecule has 0 saturated carbocycles. The summed E-state index contributed by atoms with van der Waals surface area (Å²) < 4.78 is 45.7. The van der Waals surface area contributed by atoms with Gasteiger partial charge in [-0.05, 0) is 31.2 Å². The summed E-state index contributed by atoms with van der Waals surface area (Å²) in [6.07, 6.45) is 0. The SMILES string of the molecule is C=C(C)C(=O)Nc1ccc2c(c1)OCCOCCOCCOc1ccccc1OCCOCCOCCO2. The van der Waals surface area contributed by atoms with Crippen LogP contribution in [0.4, 0.5) is 5.69 Å². The molecule has 10 heteroatoms. The molecule has 2 aromatic carbocycles. The Hall–Kier alpha value is -3.31. The summed E-state index contributed by atoms with van der Waals surface area (Å²) in [5.41, 5.74) is 0.982. The molecule has 0 fully saturated rings. The van der Waals surface area contributed by atoms with Crippen LogP contribution in [0.1, 0.15) is 6.92 Å². The van der Waals surface area contributed by atoms with Crippen LogP contribution >= 0.6 is 0 Å². The van der Waals surface area contributed by atoms with E-state index < -0.39 is 0 Å². The molecule has 10 nitrogen and oxygen atoms in total. The molecular formula is C28H37NO9. The average molecular weight is 532 g/mol. The van der Waals surface area contributed by atoms with Crippen molar-refractivity contribution < 1.29 is 42.7 Å². The zero-order valence-corrected chi connectivity index (χ0v) is 21.9. The number of para-hydroxylation sites is 2. The molecule has 0 aromatic heterocycles. The Morgan fingerprint density at radius 1 is 0.605 bits per heavy atom. The summed E-state index contributed by atoms with van der Waals surface area (Å²) in [4.78, 5) is 12.0. The number of rotatable bonds is 2. The molecule has 1 amide bonds. The predicted molar refractivity (Wildman–Crippen MR) is 142 cm³/mol. The molecule has 0 aliphatic carbocycles. The van der Waals surface area contributed by atoms with E-state index in [-0.39, 0.29) is 5.91 Å². The summed E-state index contributed by atoms with van der Waals surface area (Å²) in [5.74, 6) is 2.07. The third kappa shape index (κ3) is 11.0. The number of ether oxygens (including phenoxy) is 8. The number of carbonyl (C=O) groups excluding carboxylic acids is 1. The minimum absolute atomic E-state index is 0.268. The van der Waals surface area contributed by atoms with Crippen molar-refractivity contribution in [1.82, 2.24) is 0 Å². The van der Waals surface area contributed by atoms with Gasteiger partial charge in [0, 0.05) is 17.3 Å². The summed E-state index contributed by atoms with van der Waals surface area (Å²) in [6, 6.07) is 12.7. The van der Waals surface area contributed by atoms with Crippen LogP contribution in [-0.4, -0.2) is 85.2 Å². The van der Waals surface area contributed by atoms with Gasteiger partial charge in [0.1, 0.15) is 26.4 Å². The monoisotopic (exact) mass is 531 g/mol. The van der Waals surface area contributed by atoms with E-state index in [1.165, 1.54) is 0 Å². The summed E-state index contributed by atoms with van der Waals surface area (Å²) >= 11 is 0. The Labute approximate surface area is 223 Å². The van der Waals surface area contributed by atoms with Gasteiger partial charge in [-0.15, -0.1) is 0 Å². The first-order chi connectivity index (χ1) is 18.6. The minimum atomic E-state index is -0.268. The molecule has 0 radical (unpaired) electrons. The summed E-state index contributed by atoms with van der Waals surface area (Å²) in [6.45, 7) is 9.97. The molecule has 1 N–H and O–H groups in total. The lowest BCUT2D eigenvalue weighted by molar-refractivity contribution is -0.112. The molecule has 2 aromatic rings. The van der Waals surface area contributed by atoms with E-state index in [0.29, 0.717) is 114 Å². The van der Waals surface area contributed by atoms with Crippen LogP contribution in [0.3, 0.4) is 0 Å². The van der Waals surface area contributed by atoms with Crippen molar-refractivity contribution in [3.63, 3.8) is 0 Å². The standard InChI is InChI=1S/C28H37NO9/c1-22(2)28(30)29-23-7-8-26-27(21-23)38-20-16-34-12-11-32-14-18-36-25-6-4-3-5-24(25)35-17-13-31-9-10-33-15-19-37-26/h3-8,21H,1,9-20H2,2H3,(H,29,30). The van der Waals surface area contributed by atoms with E-state index in [1.807, 2.05) is 24.3 Å². The van der Waals surface area contributed by atoms with Crippen molar-refractivity contribution in [2.24, 2.45) is 0 Å².